The van der Waals surface area contributed by atoms with Gasteiger partial charge in [0.15, 0.2) is 0 Å². The molecule has 1 aliphatic rings. The summed E-state index contributed by atoms with van der Waals surface area (Å²) in [4.78, 5) is 16.2. The van der Waals surface area contributed by atoms with Crippen molar-refractivity contribution in [2.75, 3.05) is 33.2 Å². The van der Waals surface area contributed by atoms with Crippen molar-refractivity contribution in [3.63, 3.8) is 0 Å². The van der Waals surface area contributed by atoms with E-state index in [0.29, 0.717) is 12.6 Å². The zero-order valence-corrected chi connectivity index (χ0v) is 12.9. The van der Waals surface area contributed by atoms with Gasteiger partial charge in [-0.1, -0.05) is 20.8 Å². The van der Waals surface area contributed by atoms with Gasteiger partial charge in [0.1, 0.15) is 0 Å². The van der Waals surface area contributed by atoms with Crippen molar-refractivity contribution < 1.29 is 4.79 Å². The summed E-state index contributed by atoms with van der Waals surface area (Å²) in [5.74, 6) is -0.265. The molecule has 3 N–H and O–H groups in total. The van der Waals surface area contributed by atoms with E-state index in [9.17, 15) is 4.79 Å². The summed E-state index contributed by atoms with van der Waals surface area (Å²) in [5, 5.41) is 3.23. The molecule has 1 saturated heterocycles. The van der Waals surface area contributed by atoms with Crippen molar-refractivity contribution in [3.8, 4) is 0 Å². The maximum absolute atomic E-state index is 11.5. The molecule has 0 aromatic rings. The molecular weight excluding hydrogens is 240 g/mol. The highest BCUT2D eigenvalue weighted by Crippen LogP contribution is 2.17. The Morgan fingerprint density at radius 1 is 1.53 bits per heavy atom. The molecule has 5 nitrogen and oxygen atoms in total. The number of rotatable bonds is 8. The van der Waals surface area contributed by atoms with E-state index in [-0.39, 0.29) is 18.0 Å². The number of hydrogen-bond acceptors (Lipinski definition) is 4. The summed E-state index contributed by atoms with van der Waals surface area (Å²) >= 11 is 0. The molecule has 0 aromatic carbocycles. The van der Waals surface area contributed by atoms with Gasteiger partial charge in [-0.15, -0.1) is 0 Å². The lowest BCUT2D eigenvalue weighted by Gasteiger charge is -2.30. The van der Waals surface area contributed by atoms with Crippen LogP contribution in [0.4, 0.5) is 0 Å². The number of nitrogens with two attached hydrogens (primary N) is 1. The molecule has 1 heterocycles. The van der Waals surface area contributed by atoms with Crippen molar-refractivity contribution in [2.24, 2.45) is 5.73 Å². The van der Waals surface area contributed by atoms with Crippen LogP contribution in [0.15, 0.2) is 0 Å². The Balaban J connectivity index is 2.43. The van der Waals surface area contributed by atoms with Crippen LogP contribution in [0.5, 0.6) is 0 Å². The predicted octanol–water partition coefficient (Wildman–Crippen LogP) is 0.254. The van der Waals surface area contributed by atoms with Crippen LogP contribution in [0.25, 0.3) is 0 Å². The van der Waals surface area contributed by atoms with Crippen LogP contribution >= 0.6 is 0 Å². The maximum Gasteiger partial charge on any atom is 0.235 e. The van der Waals surface area contributed by atoms with Crippen LogP contribution in [0.3, 0.4) is 0 Å². The first-order chi connectivity index (χ1) is 8.93. The number of carbonyl (C=O) groups excluding carboxylic acids is 1. The van der Waals surface area contributed by atoms with E-state index in [1.54, 1.807) is 0 Å². The first-order valence-corrected chi connectivity index (χ1v) is 7.42. The standard InChI is InChI=1S/C14H30N4O/c1-5-18-8-6-7-12(18)9-17(4)10-13(14(15)19)16-11(2)3/h11-13,16H,5-10H2,1-4H3,(H2,15,19). The molecule has 0 aliphatic carbocycles. The number of likely N-dealkylation sites (tertiary alicyclic amines) is 1. The molecule has 112 valence electrons. The highest BCUT2D eigenvalue weighted by molar-refractivity contribution is 5.80. The van der Waals surface area contributed by atoms with Gasteiger partial charge in [0.2, 0.25) is 5.91 Å². The topological polar surface area (TPSA) is 61.6 Å². The highest BCUT2D eigenvalue weighted by atomic mass is 16.1. The van der Waals surface area contributed by atoms with Gasteiger partial charge >= 0.3 is 0 Å². The second-order valence-electron chi connectivity index (χ2n) is 5.92. The van der Waals surface area contributed by atoms with Crippen molar-refractivity contribution in [1.82, 2.24) is 15.1 Å². The fourth-order valence-electron chi connectivity index (χ4n) is 2.89. The zero-order chi connectivity index (χ0) is 14.4. The average Bonchev–Trinajstić information content (AvgIpc) is 2.74. The second-order valence-corrected chi connectivity index (χ2v) is 5.92. The fourth-order valence-corrected chi connectivity index (χ4v) is 2.89. The first kappa shape index (κ1) is 16.4. The van der Waals surface area contributed by atoms with E-state index in [1.807, 2.05) is 13.8 Å². The number of nitrogens with zero attached hydrogens (tertiary/aromatic N) is 2. The number of carbonyl (C=O) groups is 1. The zero-order valence-electron chi connectivity index (χ0n) is 12.9. The monoisotopic (exact) mass is 270 g/mol. The number of nitrogens with one attached hydrogen (secondary N) is 1. The number of hydrogen-bond donors (Lipinski definition) is 2. The van der Waals surface area contributed by atoms with Crippen LogP contribution in [-0.4, -0.2) is 67.1 Å². The Morgan fingerprint density at radius 2 is 2.21 bits per heavy atom. The van der Waals surface area contributed by atoms with E-state index in [1.165, 1.54) is 19.4 Å². The van der Waals surface area contributed by atoms with Crippen molar-refractivity contribution >= 4 is 5.91 Å². The molecular formula is C14H30N4O. The van der Waals surface area contributed by atoms with Crippen molar-refractivity contribution in [1.29, 1.82) is 0 Å². The quantitative estimate of drug-likeness (QED) is 0.664. The lowest BCUT2D eigenvalue weighted by Crippen LogP contribution is -2.52. The molecule has 1 amide bonds. The van der Waals surface area contributed by atoms with Crippen LogP contribution in [0, 0.1) is 0 Å². The molecule has 2 atom stereocenters. The Bertz CT molecular complexity index is 283. The minimum atomic E-state index is -0.265. The SMILES string of the molecule is CCN1CCCC1CN(C)CC(NC(C)C)C(N)=O. The van der Waals surface area contributed by atoms with Crippen LogP contribution in [-0.2, 0) is 4.79 Å². The van der Waals surface area contributed by atoms with Gasteiger partial charge in [0, 0.05) is 25.2 Å². The van der Waals surface area contributed by atoms with Gasteiger partial charge in [-0.05, 0) is 33.0 Å². The largest absolute Gasteiger partial charge is 0.368 e. The summed E-state index contributed by atoms with van der Waals surface area (Å²) in [6.07, 6.45) is 2.55. The van der Waals surface area contributed by atoms with Gasteiger partial charge in [-0.25, -0.2) is 0 Å². The minimum absolute atomic E-state index is 0.263. The van der Waals surface area contributed by atoms with Gasteiger partial charge in [0.25, 0.3) is 0 Å². The predicted molar refractivity (Wildman–Crippen MR) is 79.0 cm³/mol. The van der Waals surface area contributed by atoms with Crippen LogP contribution < -0.4 is 11.1 Å². The lowest BCUT2D eigenvalue weighted by atomic mass is 10.2. The molecule has 1 aliphatic heterocycles. The summed E-state index contributed by atoms with van der Waals surface area (Å²) in [7, 11) is 2.07. The van der Waals surface area contributed by atoms with E-state index in [4.69, 9.17) is 5.73 Å². The Hall–Kier alpha value is -0.650. The highest BCUT2D eigenvalue weighted by Gasteiger charge is 2.25. The lowest BCUT2D eigenvalue weighted by molar-refractivity contribution is -0.120. The molecule has 0 saturated carbocycles. The van der Waals surface area contributed by atoms with Crippen molar-refractivity contribution in [2.45, 2.75) is 51.7 Å². The first-order valence-electron chi connectivity index (χ1n) is 7.42. The van der Waals surface area contributed by atoms with E-state index < -0.39 is 0 Å². The van der Waals surface area contributed by atoms with Gasteiger partial charge < -0.3 is 16.0 Å². The third-order valence-electron chi connectivity index (χ3n) is 3.80. The van der Waals surface area contributed by atoms with Crippen molar-refractivity contribution in [3.05, 3.63) is 0 Å². The molecule has 0 bridgehead atoms. The molecule has 2 unspecified atom stereocenters. The van der Waals surface area contributed by atoms with E-state index >= 15 is 0 Å². The molecule has 0 radical (unpaired) electrons. The molecule has 5 heteroatoms. The molecule has 1 fully saturated rings. The third kappa shape index (κ3) is 5.47. The summed E-state index contributed by atoms with van der Waals surface area (Å²) in [6, 6.07) is 0.633. The summed E-state index contributed by atoms with van der Waals surface area (Å²) in [6.45, 7) is 10.3. The summed E-state index contributed by atoms with van der Waals surface area (Å²) in [5.41, 5.74) is 5.46. The fraction of sp³-hybridized carbons (Fsp3) is 0.929. The number of likely N-dealkylation sites (N-methyl/N-ethyl adjacent to an activating group) is 2. The molecule has 0 spiro atoms. The molecule has 1 rings (SSSR count). The van der Waals surface area contributed by atoms with E-state index in [2.05, 4.69) is 29.1 Å². The van der Waals surface area contributed by atoms with Gasteiger partial charge in [-0.2, -0.15) is 0 Å². The Labute approximate surface area is 117 Å². The molecule has 0 aromatic heterocycles. The average molecular weight is 270 g/mol. The molecule has 19 heavy (non-hydrogen) atoms. The van der Waals surface area contributed by atoms with Crippen LogP contribution in [0.2, 0.25) is 0 Å². The normalized spacial score (nSPS) is 22.3. The smallest absolute Gasteiger partial charge is 0.235 e. The Kier molecular flexibility index (Phi) is 6.75. The van der Waals surface area contributed by atoms with Gasteiger partial charge in [-0.3, -0.25) is 9.69 Å². The Morgan fingerprint density at radius 3 is 2.74 bits per heavy atom. The third-order valence-corrected chi connectivity index (χ3v) is 3.80. The summed E-state index contributed by atoms with van der Waals surface area (Å²) < 4.78 is 0. The van der Waals surface area contributed by atoms with E-state index in [0.717, 1.165) is 13.1 Å². The minimum Gasteiger partial charge on any atom is -0.368 e. The maximum atomic E-state index is 11.5. The van der Waals surface area contributed by atoms with Crippen LogP contribution in [0.1, 0.15) is 33.6 Å². The number of primary amides is 1. The van der Waals surface area contributed by atoms with Gasteiger partial charge in [0.05, 0.1) is 6.04 Å². The second kappa shape index (κ2) is 7.82. The number of amides is 1.